The van der Waals surface area contributed by atoms with Gasteiger partial charge < -0.3 is 19.5 Å². The number of carbonyl (C=O) groups excluding carboxylic acids is 1. The van der Waals surface area contributed by atoms with E-state index in [-0.39, 0.29) is 11.5 Å². The number of ether oxygens (including phenoxy) is 3. The SMILES string of the molecule is COc1ccc(OC)c(C(=O)CSc2nnc(Nc3ccccc3OC)s2)c1. The Hall–Kier alpha value is -2.78. The number of carbonyl (C=O) groups is 1. The molecule has 0 aliphatic heterocycles. The molecule has 0 aliphatic carbocycles. The summed E-state index contributed by atoms with van der Waals surface area (Å²) in [4.78, 5) is 12.6. The van der Waals surface area contributed by atoms with Crippen molar-refractivity contribution >= 4 is 39.7 Å². The van der Waals surface area contributed by atoms with Crippen molar-refractivity contribution in [3.8, 4) is 17.2 Å². The van der Waals surface area contributed by atoms with E-state index in [0.717, 1.165) is 5.69 Å². The summed E-state index contributed by atoms with van der Waals surface area (Å²) >= 11 is 2.69. The van der Waals surface area contributed by atoms with E-state index in [2.05, 4.69) is 15.5 Å². The van der Waals surface area contributed by atoms with E-state index in [4.69, 9.17) is 14.2 Å². The molecule has 0 unspecified atom stereocenters. The third-order valence-electron chi connectivity index (χ3n) is 3.79. The zero-order valence-electron chi connectivity index (χ0n) is 15.6. The van der Waals surface area contributed by atoms with Crippen LogP contribution in [0.25, 0.3) is 0 Å². The molecule has 3 aromatic rings. The summed E-state index contributed by atoms with van der Waals surface area (Å²) in [5.74, 6) is 1.98. The fourth-order valence-corrected chi connectivity index (χ4v) is 4.07. The lowest BCUT2D eigenvalue weighted by molar-refractivity contribution is 0.101. The zero-order chi connectivity index (χ0) is 19.9. The number of thioether (sulfide) groups is 1. The second-order valence-corrected chi connectivity index (χ2v) is 7.68. The number of aromatic nitrogens is 2. The van der Waals surface area contributed by atoms with Crippen molar-refractivity contribution < 1.29 is 19.0 Å². The fraction of sp³-hybridized carbons (Fsp3) is 0.211. The van der Waals surface area contributed by atoms with Gasteiger partial charge in [0.05, 0.1) is 38.3 Å². The Morgan fingerprint density at radius 2 is 1.82 bits per heavy atom. The highest BCUT2D eigenvalue weighted by molar-refractivity contribution is 8.01. The molecule has 1 aromatic heterocycles. The molecule has 1 N–H and O–H groups in total. The molecule has 0 spiro atoms. The van der Waals surface area contributed by atoms with Gasteiger partial charge in [0.25, 0.3) is 0 Å². The molecule has 0 saturated heterocycles. The van der Waals surface area contributed by atoms with E-state index in [1.54, 1.807) is 32.4 Å². The van der Waals surface area contributed by atoms with Gasteiger partial charge in [-0.25, -0.2) is 0 Å². The Labute approximate surface area is 171 Å². The summed E-state index contributed by atoms with van der Waals surface area (Å²) < 4.78 is 16.5. The Balaban J connectivity index is 1.65. The smallest absolute Gasteiger partial charge is 0.210 e. The molecule has 0 fully saturated rings. The lowest BCUT2D eigenvalue weighted by Crippen LogP contribution is -2.05. The molecule has 7 nitrogen and oxygen atoms in total. The average Bonchev–Trinajstić information content (AvgIpc) is 3.19. The van der Waals surface area contributed by atoms with Crippen molar-refractivity contribution in [2.24, 2.45) is 0 Å². The maximum absolute atomic E-state index is 12.6. The van der Waals surface area contributed by atoms with E-state index in [0.29, 0.717) is 32.3 Å². The van der Waals surface area contributed by atoms with Crippen molar-refractivity contribution in [1.29, 1.82) is 0 Å². The molecule has 0 aliphatic rings. The van der Waals surface area contributed by atoms with Gasteiger partial charge in [0, 0.05) is 0 Å². The van der Waals surface area contributed by atoms with Gasteiger partial charge in [-0.3, -0.25) is 4.79 Å². The van der Waals surface area contributed by atoms with E-state index in [9.17, 15) is 4.79 Å². The molecular weight excluding hydrogens is 398 g/mol. The summed E-state index contributed by atoms with van der Waals surface area (Å²) in [6, 6.07) is 12.7. The number of para-hydroxylation sites is 2. The number of nitrogens with zero attached hydrogens (tertiary/aromatic N) is 2. The Kier molecular flexibility index (Phi) is 6.72. The molecule has 0 bridgehead atoms. The predicted octanol–water partition coefficient (Wildman–Crippen LogP) is 4.28. The van der Waals surface area contributed by atoms with E-state index < -0.39 is 0 Å². The first-order chi connectivity index (χ1) is 13.6. The van der Waals surface area contributed by atoms with Crippen LogP contribution in [0.15, 0.2) is 46.8 Å². The Morgan fingerprint density at radius 3 is 2.57 bits per heavy atom. The number of hydrogen-bond donors (Lipinski definition) is 1. The molecule has 1 heterocycles. The lowest BCUT2D eigenvalue weighted by Gasteiger charge is -2.09. The van der Waals surface area contributed by atoms with Crippen LogP contribution in [0.4, 0.5) is 10.8 Å². The molecular formula is C19H19N3O4S2. The van der Waals surface area contributed by atoms with Gasteiger partial charge in [0.15, 0.2) is 10.1 Å². The third kappa shape index (κ3) is 4.73. The van der Waals surface area contributed by atoms with E-state index in [1.807, 2.05) is 24.3 Å². The highest BCUT2D eigenvalue weighted by Crippen LogP contribution is 2.32. The first-order valence-electron chi connectivity index (χ1n) is 8.26. The number of nitrogens with one attached hydrogen (secondary N) is 1. The largest absolute Gasteiger partial charge is 0.497 e. The highest BCUT2D eigenvalue weighted by Gasteiger charge is 2.16. The number of methoxy groups -OCH3 is 3. The summed E-state index contributed by atoms with van der Waals surface area (Å²) in [6.45, 7) is 0. The van der Waals surface area contributed by atoms with Crippen molar-refractivity contribution in [3.05, 3.63) is 48.0 Å². The van der Waals surface area contributed by atoms with Crippen molar-refractivity contribution in [2.75, 3.05) is 32.4 Å². The number of anilines is 2. The fourth-order valence-electron chi connectivity index (χ4n) is 2.42. The van der Waals surface area contributed by atoms with Crippen LogP contribution in [-0.4, -0.2) is 43.1 Å². The van der Waals surface area contributed by atoms with Gasteiger partial charge in [0.1, 0.15) is 17.2 Å². The van der Waals surface area contributed by atoms with Crippen molar-refractivity contribution in [3.63, 3.8) is 0 Å². The molecule has 2 aromatic carbocycles. The maximum atomic E-state index is 12.6. The summed E-state index contributed by atoms with van der Waals surface area (Å²) in [5.41, 5.74) is 1.28. The average molecular weight is 418 g/mol. The normalized spacial score (nSPS) is 10.4. The summed E-state index contributed by atoms with van der Waals surface area (Å²) in [6.07, 6.45) is 0. The first kappa shape index (κ1) is 20.0. The van der Waals surface area contributed by atoms with Gasteiger partial charge in [-0.05, 0) is 30.3 Å². The molecule has 0 saturated carbocycles. The molecule has 146 valence electrons. The van der Waals surface area contributed by atoms with Crippen LogP contribution in [0.1, 0.15) is 10.4 Å². The molecule has 0 radical (unpaired) electrons. The quantitative estimate of drug-likeness (QED) is 0.408. The molecule has 0 atom stereocenters. The van der Waals surface area contributed by atoms with Crippen LogP contribution >= 0.6 is 23.1 Å². The summed E-state index contributed by atoms with van der Waals surface area (Å²) in [5, 5.41) is 12.1. The van der Waals surface area contributed by atoms with Crippen LogP contribution in [0.2, 0.25) is 0 Å². The van der Waals surface area contributed by atoms with Crippen molar-refractivity contribution in [2.45, 2.75) is 4.34 Å². The van der Waals surface area contributed by atoms with Gasteiger partial charge in [-0.15, -0.1) is 10.2 Å². The maximum Gasteiger partial charge on any atom is 0.210 e. The van der Waals surface area contributed by atoms with Gasteiger partial charge >= 0.3 is 0 Å². The van der Waals surface area contributed by atoms with E-state index in [1.165, 1.54) is 30.2 Å². The topological polar surface area (TPSA) is 82.6 Å². The zero-order valence-corrected chi connectivity index (χ0v) is 17.2. The second-order valence-electron chi connectivity index (χ2n) is 5.48. The number of benzene rings is 2. The Bertz CT molecular complexity index is 962. The second kappa shape index (κ2) is 9.43. The summed E-state index contributed by atoms with van der Waals surface area (Å²) in [7, 11) is 4.70. The van der Waals surface area contributed by atoms with Crippen molar-refractivity contribution in [1.82, 2.24) is 10.2 Å². The molecule has 9 heteroatoms. The molecule has 28 heavy (non-hydrogen) atoms. The van der Waals surface area contributed by atoms with Gasteiger partial charge in [-0.2, -0.15) is 0 Å². The van der Waals surface area contributed by atoms with Gasteiger partial charge in [0.2, 0.25) is 5.13 Å². The van der Waals surface area contributed by atoms with Crippen LogP contribution in [0.3, 0.4) is 0 Å². The van der Waals surface area contributed by atoms with Crippen LogP contribution in [0.5, 0.6) is 17.2 Å². The van der Waals surface area contributed by atoms with Crippen LogP contribution in [0, 0.1) is 0 Å². The molecule has 3 rings (SSSR count). The van der Waals surface area contributed by atoms with E-state index >= 15 is 0 Å². The number of ketones is 1. The monoisotopic (exact) mass is 417 g/mol. The third-order valence-corrected chi connectivity index (χ3v) is 5.76. The number of rotatable bonds is 9. The predicted molar refractivity (Wildman–Crippen MR) is 111 cm³/mol. The minimum absolute atomic E-state index is 0.0739. The Morgan fingerprint density at radius 1 is 1.04 bits per heavy atom. The standard InChI is InChI=1S/C19H19N3O4S2/c1-24-12-8-9-16(25-2)13(10-12)15(23)11-27-19-22-21-18(28-19)20-14-6-4-5-7-17(14)26-3/h4-10H,11H2,1-3H3,(H,20,21). The lowest BCUT2D eigenvalue weighted by atomic mass is 10.1. The minimum atomic E-state index is -0.0739. The van der Waals surface area contributed by atoms with Gasteiger partial charge in [-0.1, -0.05) is 35.2 Å². The number of Topliss-reactive ketones (excluding diaryl/α,β-unsaturated/α-hetero) is 1. The van der Waals surface area contributed by atoms with Crippen LogP contribution in [-0.2, 0) is 0 Å². The highest BCUT2D eigenvalue weighted by atomic mass is 32.2. The minimum Gasteiger partial charge on any atom is -0.497 e. The number of hydrogen-bond acceptors (Lipinski definition) is 9. The first-order valence-corrected chi connectivity index (χ1v) is 10.1. The molecule has 0 amide bonds. The van der Waals surface area contributed by atoms with Crippen LogP contribution < -0.4 is 19.5 Å².